The highest BCUT2D eigenvalue weighted by atomic mass is 79.9. The number of pyridine rings is 1. The third kappa shape index (κ3) is 7.73. The zero-order valence-corrected chi connectivity index (χ0v) is 30.5. The van der Waals surface area contributed by atoms with Crippen molar-refractivity contribution in [1.29, 1.82) is 0 Å². The summed E-state index contributed by atoms with van der Waals surface area (Å²) in [5.74, 6) is 4.04. The molecule has 0 bridgehead atoms. The number of anilines is 8. The van der Waals surface area contributed by atoms with Gasteiger partial charge in [-0.05, 0) is 56.7 Å². The second kappa shape index (κ2) is 14.4. The number of hydrogen-bond acceptors (Lipinski definition) is 12. The molecule has 0 unspecified atom stereocenters. The molecule has 0 atom stereocenters. The third-order valence-corrected chi connectivity index (χ3v) is 8.20. The van der Waals surface area contributed by atoms with Crippen LogP contribution in [0.5, 0.6) is 5.75 Å². The highest BCUT2D eigenvalue weighted by Crippen LogP contribution is 2.42. The largest absolute Gasteiger partial charge is 0.485 e. The van der Waals surface area contributed by atoms with Crippen LogP contribution in [0.25, 0.3) is 0 Å². The topological polar surface area (TPSA) is 112 Å². The summed E-state index contributed by atoms with van der Waals surface area (Å²) in [6, 6.07) is 22.0. The average molecular weight is 713 g/mol. The molecule has 0 amide bonds. The van der Waals surface area contributed by atoms with Crippen molar-refractivity contribution in [2.24, 2.45) is 0 Å². The first-order valence-corrected chi connectivity index (χ1v) is 16.3. The first-order chi connectivity index (χ1) is 22.8. The lowest BCUT2D eigenvalue weighted by atomic mass is 9.86. The van der Waals surface area contributed by atoms with Gasteiger partial charge in [-0.2, -0.15) is 15.0 Å². The Bertz CT molecular complexity index is 1860. The van der Waals surface area contributed by atoms with Gasteiger partial charge in [0.2, 0.25) is 17.8 Å². The highest BCUT2D eigenvalue weighted by Gasteiger charge is 2.25. The van der Waals surface area contributed by atoms with Crippen LogP contribution in [0.15, 0.2) is 77.7 Å². The minimum absolute atomic E-state index is 0.123. The molecule has 2 aromatic carbocycles. The third-order valence-electron chi connectivity index (χ3n) is 7.76. The van der Waals surface area contributed by atoms with Crippen molar-refractivity contribution < 1.29 is 4.74 Å². The van der Waals surface area contributed by atoms with Crippen molar-refractivity contribution >= 4 is 62.6 Å². The molecule has 0 aliphatic carbocycles. The fraction of sp³-hybridized carbons (Fsp3) is 0.314. The molecule has 5 aromatic rings. The second-order valence-electron chi connectivity index (χ2n) is 12.5. The number of halogens is 1. The monoisotopic (exact) mass is 711 g/mol. The van der Waals surface area contributed by atoms with Gasteiger partial charge in [-0.1, -0.05) is 57.2 Å². The summed E-state index contributed by atoms with van der Waals surface area (Å²) < 4.78 is 7.27. The van der Waals surface area contributed by atoms with Crippen LogP contribution >= 0.6 is 15.9 Å². The molecule has 0 radical (unpaired) electrons. The van der Waals surface area contributed by atoms with Crippen LogP contribution in [0.1, 0.15) is 31.9 Å². The Morgan fingerprint density at radius 3 is 1.98 bits per heavy atom. The maximum atomic E-state index is 6.53. The molecule has 5 rings (SSSR count). The quantitative estimate of drug-likeness (QED) is 0.141. The van der Waals surface area contributed by atoms with Gasteiger partial charge in [0.25, 0.3) is 0 Å². The molecular formula is C35H42BrN11O. The van der Waals surface area contributed by atoms with Gasteiger partial charge in [0.1, 0.15) is 35.0 Å². The summed E-state index contributed by atoms with van der Waals surface area (Å²) in [7, 11) is 11.4. The Kier molecular flexibility index (Phi) is 10.3. The van der Waals surface area contributed by atoms with E-state index in [4.69, 9.17) is 19.7 Å². The van der Waals surface area contributed by atoms with Gasteiger partial charge in [-0.15, -0.1) is 0 Å². The molecular weight excluding hydrogens is 670 g/mol. The van der Waals surface area contributed by atoms with Crippen molar-refractivity contribution in [1.82, 2.24) is 29.9 Å². The van der Waals surface area contributed by atoms with E-state index in [2.05, 4.69) is 81.2 Å². The van der Waals surface area contributed by atoms with Crippen LogP contribution in [0.2, 0.25) is 0 Å². The average Bonchev–Trinajstić information content (AvgIpc) is 3.09. The molecule has 0 saturated carbocycles. The van der Waals surface area contributed by atoms with Crippen molar-refractivity contribution in [3.05, 3.63) is 88.8 Å². The normalized spacial score (nSPS) is 11.2. The number of nitrogens with one attached hydrogen (secondary N) is 1. The van der Waals surface area contributed by atoms with E-state index in [1.165, 1.54) is 6.33 Å². The lowest BCUT2D eigenvalue weighted by Crippen LogP contribution is -2.24. The zero-order chi connectivity index (χ0) is 34.6. The Balaban J connectivity index is 1.56. The van der Waals surface area contributed by atoms with Gasteiger partial charge in [0, 0.05) is 48.4 Å². The summed E-state index contributed by atoms with van der Waals surface area (Å²) in [5.41, 5.74) is 3.77. The molecule has 3 aromatic heterocycles. The number of benzene rings is 2. The molecule has 1 N–H and O–H groups in total. The number of aromatic nitrogens is 6. The Morgan fingerprint density at radius 2 is 1.35 bits per heavy atom. The Hall–Kier alpha value is -5.04. The van der Waals surface area contributed by atoms with Crippen LogP contribution < -0.4 is 29.7 Å². The molecule has 0 fully saturated rings. The molecule has 0 aliphatic rings. The summed E-state index contributed by atoms with van der Waals surface area (Å²) in [5, 5.41) is 3.35. The van der Waals surface area contributed by atoms with Gasteiger partial charge < -0.3 is 24.8 Å². The molecule has 250 valence electrons. The van der Waals surface area contributed by atoms with Crippen LogP contribution in [-0.2, 0) is 12.0 Å². The van der Waals surface area contributed by atoms with Gasteiger partial charge in [0.15, 0.2) is 5.75 Å². The van der Waals surface area contributed by atoms with E-state index < -0.39 is 0 Å². The van der Waals surface area contributed by atoms with Crippen molar-refractivity contribution in [2.75, 3.05) is 67.2 Å². The van der Waals surface area contributed by atoms with E-state index >= 15 is 0 Å². The van der Waals surface area contributed by atoms with Crippen LogP contribution in [-0.4, -0.2) is 72.2 Å². The number of hydrogen-bond donors (Lipinski definition) is 1. The predicted molar refractivity (Wildman–Crippen MR) is 198 cm³/mol. The molecule has 12 nitrogen and oxygen atoms in total. The smallest absolute Gasteiger partial charge is 0.237 e. The number of nitrogens with zero attached hydrogens (tertiary/aromatic N) is 10. The fourth-order valence-electron chi connectivity index (χ4n) is 4.82. The van der Waals surface area contributed by atoms with Crippen molar-refractivity contribution in [3.63, 3.8) is 0 Å². The molecule has 3 heterocycles. The fourth-order valence-corrected chi connectivity index (χ4v) is 5.16. The first-order valence-electron chi connectivity index (χ1n) is 15.5. The maximum absolute atomic E-state index is 6.53. The van der Waals surface area contributed by atoms with Gasteiger partial charge in [-0.3, -0.25) is 4.90 Å². The molecule has 48 heavy (non-hydrogen) atoms. The minimum atomic E-state index is -0.123. The van der Waals surface area contributed by atoms with Gasteiger partial charge in [-0.25, -0.2) is 15.0 Å². The Labute approximate surface area is 291 Å². The molecule has 0 aliphatic heterocycles. The van der Waals surface area contributed by atoms with Crippen LogP contribution in [0.4, 0.5) is 46.7 Å². The number of rotatable bonds is 11. The highest BCUT2D eigenvalue weighted by molar-refractivity contribution is 9.10. The van der Waals surface area contributed by atoms with Gasteiger partial charge >= 0.3 is 0 Å². The van der Waals surface area contributed by atoms with E-state index in [-0.39, 0.29) is 5.41 Å². The lowest BCUT2D eigenvalue weighted by molar-refractivity contribution is 0.308. The SMILES string of the molecule is CNc1cc(C(C)(C)C)cc(N(C)c2nc(N(C)C)nc(N(C)c3cc(N(C)c4cccc(Br)n4)ncn3)n2)c1OCc1ccccc1. The summed E-state index contributed by atoms with van der Waals surface area (Å²) >= 11 is 3.45. The van der Waals surface area contributed by atoms with E-state index in [0.717, 1.165) is 32.9 Å². The minimum Gasteiger partial charge on any atom is -0.485 e. The van der Waals surface area contributed by atoms with Crippen LogP contribution in [0, 0.1) is 0 Å². The van der Waals surface area contributed by atoms with Gasteiger partial charge in [0.05, 0.1) is 11.4 Å². The lowest BCUT2D eigenvalue weighted by Gasteiger charge is -2.28. The predicted octanol–water partition coefficient (Wildman–Crippen LogP) is 7.11. The van der Waals surface area contributed by atoms with E-state index in [1.54, 1.807) is 0 Å². The molecule has 13 heteroatoms. The standard InChI is InChI=1S/C35H42BrN11O/c1-35(2,3)24-18-25(37-4)31(48-21-23-14-11-10-12-15-23)26(19-24)45(7)33-41-32(44(5)6)42-34(43-33)47(9)30-20-29(38-22-39-30)46(8)28-17-13-16-27(36)40-28/h10-20,22,37H,21H2,1-9H3. The number of ether oxygens (including phenoxy) is 1. The van der Waals surface area contributed by atoms with Crippen LogP contribution in [0.3, 0.4) is 0 Å². The van der Waals surface area contributed by atoms with E-state index in [1.807, 2.05) is 104 Å². The van der Waals surface area contributed by atoms with Crippen molar-refractivity contribution in [3.8, 4) is 5.75 Å². The second-order valence-corrected chi connectivity index (χ2v) is 13.3. The van der Waals surface area contributed by atoms with E-state index in [9.17, 15) is 0 Å². The molecule has 0 spiro atoms. The van der Waals surface area contributed by atoms with Crippen molar-refractivity contribution in [2.45, 2.75) is 32.8 Å². The first kappa shape index (κ1) is 34.3. The zero-order valence-electron chi connectivity index (χ0n) is 28.9. The maximum Gasteiger partial charge on any atom is 0.237 e. The summed E-state index contributed by atoms with van der Waals surface area (Å²) in [6.07, 6.45) is 1.52. The summed E-state index contributed by atoms with van der Waals surface area (Å²) in [4.78, 5) is 35.7. The summed E-state index contributed by atoms with van der Waals surface area (Å²) in [6.45, 7) is 6.97. The van der Waals surface area contributed by atoms with E-state index in [0.29, 0.717) is 41.8 Å². The Morgan fingerprint density at radius 1 is 0.708 bits per heavy atom. The molecule has 0 saturated heterocycles.